The zero-order valence-electron chi connectivity index (χ0n) is 18.9. The normalized spacial score (nSPS) is 24.2. The number of ketones is 1. The number of carbonyl (C=O) groups is 2. The molecule has 1 amide bonds. The molecule has 2 aromatic carbocycles. The lowest BCUT2D eigenvalue weighted by Gasteiger charge is -2.29. The molecule has 0 aliphatic carbocycles. The van der Waals surface area contributed by atoms with Crippen LogP contribution < -0.4 is 9.64 Å². The van der Waals surface area contributed by atoms with Gasteiger partial charge in [-0.15, -0.1) is 0 Å². The molecule has 2 fully saturated rings. The molecule has 1 N–H and O–H groups in total. The fraction of sp³-hybridized carbons (Fsp3) is 0.385. The van der Waals surface area contributed by atoms with Crippen LogP contribution in [0.5, 0.6) is 5.75 Å². The number of hydrogen-bond acceptors (Lipinski definition) is 6. The molecule has 2 unspecified atom stereocenters. The maximum Gasteiger partial charge on any atom is 0.295 e. The SMILES string of the molecule is Cc1cccc(C2/C(=C(/O)c3ccc4c(c3)N(C)CCO4)C(=O)C(=O)N2CC2CCCO2)c1. The second-order valence-corrected chi connectivity index (χ2v) is 8.95. The number of likely N-dealkylation sites (tertiary alicyclic amines) is 1. The van der Waals surface area contributed by atoms with Gasteiger partial charge in [0, 0.05) is 25.8 Å². The summed E-state index contributed by atoms with van der Waals surface area (Å²) in [4.78, 5) is 30.0. The number of amides is 1. The summed E-state index contributed by atoms with van der Waals surface area (Å²) < 4.78 is 11.5. The number of aryl methyl sites for hydroxylation is 1. The Bertz CT molecular complexity index is 1140. The first kappa shape index (κ1) is 21.5. The Balaban J connectivity index is 1.62. The number of nitrogens with zero attached hydrogens (tertiary/aromatic N) is 2. The van der Waals surface area contributed by atoms with E-state index < -0.39 is 17.7 Å². The zero-order valence-corrected chi connectivity index (χ0v) is 18.9. The summed E-state index contributed by atoms with van der Waals surface area (Å²) in [6.45, 7) is 4.27. The summed E-state index contributed by atoms with van der Waals surface area (Å²) in [7, 11) is 1.96. The van der Waals surface area contributed by atoms with Crippen molar-refractivity contribution in [3.05, 3.63) is 64.7 Å². The highest BCUT2D eigenvalue weighted by Crippen LogP contribution is 2.41. The summed E-state index contributed by atoms with van der Waals surface area (Å²) >= 11 is 0. The number of Topliss-reactive ketones (excluding diaryl/α,β-unsaturated/α-hetero) is 1. The number of benzene rings is 2. The second kappa shape index (κ2) is 8.56. The molecule has 0 bridgehead atoms. The molecule has 7 nitrogen and oxygen atoms in total. The summed E-state index contributed by atoms with van der Waals surface area (Å²) in [6.07, 6.45) is 1.68. The molecular formula is C26H28N2O5. The van der Waals surface area contributed by atoms with Crippen LogP contribution in [0.4, 0.5) is 5.69 Å². The van der Waals surface area contributed by atoms with Gasteiger partial charge < -0.3 is 24.4 Å². The van der Waals surface area contributed by atoms with Crippen LogP contribution in [0.2, 0.25) is 0 Å². The monoisotopic (exact) mass is 448 g/mol. The third-order valence-corrected chi connectivity index (χ3v) is 6.65. The minimum absolute atomic E-state index is 0.106. The van der Waals surface area contributed by atoms with Gasteiger partial charge in [-0.25, -0.2) is 0 Å². The van der Waals surface area contributed by atoms with E-state index in [4.69, 9.17) is 9.47 Å². The number of carbonyl (C=O) groups excluding carboxylic acids is 2. The lowest BCUT2D eigenvalue weighted by atomic mass is 9.94. The summed E-state index contributed by atoms with van der Waals surface area (Å²) in [5, 5.41) is 11.4. The van der Waals surface area contributed by atoms with Crippen molar-refractivity contribution < 1.29 is 24.2 Å². The van der Waals surface area contributed by atoms with Gasteiger partial charge in [-0.1, -0.05) is 29.8 Å². The molecule has 3 aliphatic rings. The Hall–Kier alpha value is -3.32. The van der Waals surface area contributed by atoms with Crippen LogP contribution in [0.1, 0.15) is 35.6 Å². The van der Waals surface area contributed by atoms with Gasteiger partial charge in [-0.3, -0.25) is 9.59 Å². The highest BCUT2D eigenvalue weighted by atomic mass is 16.5. The quantitative estimate of drug-likeness (QED) is 0.439. The summed E-state index contributed by atoms with van der Waals surface area (Å²) in [6, 6.07) is 12.4. The van der Waals surface area contributed by atoms with Crippen LogP contribution >= 0.6 is 0 Å². The molecule has 5 rings (SSSR count). The van der Waals surface area contributed by atoms with Crippen molar-refractivity contribution in [3.63, 3.8) is 0 Å². The Morgan fingerprint density at radius 1 is 1.15 bits per heavy atom. The van der Waals surface area contributed by atoms with Gasteiger partial charge in [-0.2, -0.15) is 0 Å². The van der Waals surface area contributed by atoms with Crippen LogP contribution in [0.15, 0.2) is 48.0 Å². The Morgan fingerprint density at radius 3 is 2.76 bits per heavy atom. The summed E-state index contributed by atoms with van der Waals surface area (Å²) in [5.74, 6) is -0.706. The molecule has 0 radical (unpaired) electrons. The first-order valence-electron chi connectivity index (χ1n) is 11.4. The molecule has 0 aromatic heterocycles. The average molecular weight is 449 g/mol. The number of likely N-dealkylation sites (N-methyl/N-ethyl adjacent to an activating group) is 1. The molecule has 3 heterocycles. The maximum atomic E-state index is 13.2. The van der Waals surface area contributed by atoms with Gasteiger partial charge in [0.2, 0.25) is 0 Å². The third-order valence-electron chi connectivity index (χ3n) is 6.65. The van der Waals surface area contributed by atoms with Gasteiger partial charge in [0.05, 0.1) is 30.0 Å². The van der Waals surface area contributed by atoms with Gasteiger partial charge in [0.1, 0.15) is 18.1 Å². The minimum Gasteiger partial charge on any atom is -0.507 e. The van der Waals surface area contributed by atoms with Crippen molar-refractivity contribution in [3.8, 4) is 5.75 Å². The van der Waals surface area contributed by atoms with Crippen molar-refractivity contribution in [2.75, 3.05) is 38.3 Å². The molecule has 33 heavy (non-hydrogen) atoms. The number of ether oxygens (including phenoxy) is 2. The van der Waals surface area contributed by atoms with E-state index in [0.29, 0.717) is 25.3 Å². The molecule has 7 heteroatoms. The highest BCUT2D eigenvalue weighted by molar-refractivity contribution is 6.46. The van der Waals surface area contributed by atoms with E-state index in [1.54, 1.807) is 17.0 Å². The Morgan fingerprint density at radius 2 is 2.00 bits per heavy atom. The number of anilines is 1. The first-order chi connectivity index (χ1) is 15.9. The van der Waals surface area contributed by atoms with Crippen LogP contribution in [-0.2, 0) is 14.3 Å². The van der Waals surface area contributed by atoms with Crippen molar-refractivity contribution in [2.45, 2.75) is 31.9 Å². The minimum atomic E-state index is -0.667. The van der Waals surface area contributed by atoms with E-state index in [9.17, 15) is 14.7 Å². The maximum absolute atomic E-state index is 13.2. The van der Waals surface area contributed by atoms with E-state index in [0.717, 1.165) is 42.0 Å². The highest BCUT2D eigenvalue weighted by Gasteiger charge is 2.47. The van der Waals surface area contributed by atoms with E-state index in [-0.39, 0.29) is 17.4 Å². The van der Waals surface area contributed by atoms with Gasteiger partial charge in [-0.05, 0) is 43.5 Å². The van der Waals surface area contributed by atoms with Crippen LogP contribution in [-0.4, -0.2) is 61.2 Å². The van der Waals surface area contributed by atoms with Crippen molar-refractivity contribution >= 4 is 23.1 Å². The van der Waals surface area contributed by atoms with Crippen molar-refractivity contribution in [2.24, 2.45) is 0 Å². The number of aliphatic hydroxyl groups excluding tert-OH is 1. The summed E-state index contributed by atoms with van der Waals surface area (Å²) in [5.41, 5.74) is 3.25. The van der Waals surface area contributed by atoms with E-state index >= 15 is 0 Å². The predicted octanol–water partition coefficient (Wildman–Crippen LogP) is 3.42. The molecule has 3 aliphatic heterocycles. The average Bonchev–Trinajstić information content (AvgIpc) is 3.41. The molecule has 2 aromatic rings. The Kier molecular flexibility index (Phi) is 5.58. The lowest BCUT2D eigenvalue weighted by Crippen LogP contribution is -2.36. The topological polar surface area (TPSA) is 79.3 Å². The largest absolute Gasteiger partial charge is 0.507 e. The first-order valence-corrected chi connectivity index (χ1v) is 11.4. The van der Waals surface area contributed by atoms with E-state index in [1.165, 1.54) is 0 Å². The molecule has 0 spiro atoms. The fourth-order valence-electron chi connectivity index (χ4n) is 4.92. The fourth-order valence-corrected chi connectivity index (χ4v) is 4.92. The number of rotatable bonds is 4. The van der Waals surface area contributed by atoms with Crippen LogP contribution in [0, 0.1) is 6.92 Å². The molecule has 2 atom stereocenters. The molecular weight excluding hydrogens is 420 g/mol. The van der Waals surface area contributed by atoms with E-state index in [1.807, 2.05) is 49.2 Å². The number of hydrogen-bond donors (Lipinski definition) is 1. The standard InChI is InChI=1S/C26H28N2O5/c1-16-5-3-6-17(13-16)23-22(25(30)26(31)28(23)15-19-7-4-11-32-19)24(29)18-8-9-21-20(14-18)27(2)10-12-33-21/h3,5-6,8-9,13-14,19,23,29H,4,7,10-12,15H2,1-2H3/b24-22-. The Labute approximate surface area is 193 Å². The number of fused-ring (bicyclic) bond motifs is 1. The van der Waals surface area contributed by atoms with E-state index in [2.05, 4.69) is 0 Å². The van der Waals surface area contributed by atoms with Gasteiger partial charge in [0.25, 0.3) is 11.7 Å². The van der Waals surface area contributed by atoms with Gasteiger partial charge in [0.15, 0.2) is 0 Å². The lowest BCUT2D eigenvalue weighted by molar-refractivity contribution is -0.140. The van der Waals surface area contributed by atoms with Crippen molar-refractivity contribution in [1.29, 1.82) is 0 Å². The van der Waals surface area contributed by atoms with Crippen molar-refractivity contribution in [1.82, 2.24) is 4.90 Å². The van der Waals surface area contributed by atoms with Crippen LogP contribution in [0.25, 0.3) is 5.76 Å². The zero-order chi connectivity index (χ0) is 23.1. The van der Waals surface area contributed by atoms with Gasteiger partial charge >= 0.3 is 0 Å². The molecule has 172 valence electrons. The number of aliphatic hydroxyl groups is 1. The van der Waals surface area contributed by atoms with Crippen LogP contribution in [0.3, 0.4) is 0 Å². The molecule has 0 saturated carbocycles. The predicted molar refractivity (Wildman–Crippen MR) is 124 cm³/mol. The smallest absolute Gasteiger partial charge is 0.295 e. The molecule has 2 saturated heterocycles. The third kappa shape index (κ3) is 3.86. The second-order valence-electron chi connectivity index (χ2n) is 8.95.